The summed E-state index contributed by atoms with van der Waals surface area (Å²) in [6.07, 6.45) is 2.71. The molecule has 32 heavy (non-hydrogen) atoms. The number of amides is 1. The number of piperidine rings is 1. The maximum absolute atomic E-state index is 12.1. The summed E-state index contributed by atoms with van der Waals surface area (Å²) < 4.78 is 10.0. The van der Waals surface area contributed by atoms with E-state index in [1.165, 1.54) is 11.5 Å². The van der Waals surface area contributed by atoms with Crippen LogP contribution in [0.2, 0.25) is 10.0 Å². The Morgan fingerprint density at radius 1 is 1.06 bits per heavy atom. The van der Waals surface area contributed by atoms with Gasteiger partial charge in [-0.05, 0) is 60.7 Å². The zero-order valence-corrected chi connectivity index (χ0v) is 19.8. The number of ether oxygens (including phenoxy) is 1. The van der Waals surface area contributed by atoms with E-state index in [2.05, 4.69) is 14.6 Å². The maximum Gasteiger partial charge on any atom is 0.257 e. The molecule has 9 heteroatoms. The van der Waals surface area contributed by atoms with Crippen molar-refractivity contribution in [2.75, 3.05) is 31.1 Å². The van der Waals surface area contributed by atoms with Gasteiger partial charge in [-0.1, -0.05) is 35.3 Å². The predicted octanol–water partition coefficient (Wildman–Crippen LogP) is 4.85. The Hall–Kier alpha value is -2.35. The van der Waals surface area contributed by atoms with E-state index < -0.39 is 0 Å². The van der Waals surface area contributed by atoms with Gasteiger partial charge in [0.05, 0.1) is 0 Å². The van der Waals surface area contributed by atoms with Crippen molar-refractivity contribution in [1.29, 1.82) is 0 Å². The highest BCUT2D eigenvalue weighted by molar-refractivity contribution is 7.09. The lowest BCUT2D eigenvalue weighted by Gasteiger charge is -2.31. The van der Waals surface area contributed by atoms with Crippen molar-refractivity contribution in [1.82, 2.24) is 14.7 Å². The molecule has 3 aromatic rings. The molecular weight excluding hydrogens is 467 g/mol. The molecule has 1 aliphatic heterocycles. The fourth-order valence-electron chi connectivity index (χ4n) is 3.55. The summed E-state index contributed by atoms with van der Waals surface area (Å²) >= 11 is 13.2. The molecule has 4 rings (SSSR count). The topological polar surface area (TPSA) is 67.3 Å². The Morgan fingerprint density at radius 2 is 1.72 bits per heavy atom. The van der Waals surface area contributed by atoms with E-state index in [1.807, 2.05) is 24.3 Å². The standard InChI is InChI=1S/C23H24Cl2N4O2S/c24-18-3-1-16(2-4-18)13-21-27-23(32-28-21)29-11-9-17(10-12-29)14-26-22(30)15-31-20-7-5-19(25)6-8-20/h1-8,17H,9-15H2,(H,26,30). The Morgan fingerprint density at radius 3 is 2.41 bits per heavy atom. The van der Waals surface area contributed by atoms with E-state index >= 15 is 0 Å². The van der Waals surface area contributed by atoms with Crippen molar-refractivity contribution in [3.63, 3.8) is 0 Å². The first-order valence-electron chi connectivity index (χ1n) is 10.5. The predicted molar refractivity (Wildman–Crippen MR) is 129 cm³/mol. The van der Waals surface area contributed by atoms with Gasteiger partial charge in [0.1, 0.15) is 11.6 Å². The minimum Gasteiger partial charge on any atom is -0.484 e. The molecule has 1 aromatic heterocycles. The smallest absolute Gasteiger partial charge is 0.257 e. The van der Waals surface area contributed by atoms with E-state index in [4.69, 9.17) is 32.9 Å². The highest BCUT2D eigenvalue weighted by Gasteiger charge is 2.22. The van der Waals surface area contributed by atoms with Gasteiger partial charge in [0.15, 0.2) is 6.61 Å². The number of anilines is 1. The SMILES string of the molecule is O=C(COc1ccc(Cl)cc1)NCC1CCN(c2nc(Cc3ccc(Cl)cc3)ns2)CC1. The van der Waals surface area contributed by atoms with Crippen LogP contribution in [0, 0.1) is 5.92 Å². The second kappa shape index (κ2) is 11.0. The summed E-state index contributed by atoms with van der Waals surface area (Å²) in [6, 6.07) is 14.8. The van der Waals surface area contributed by atoms with E-state index in [0.29, 0.717) is 29.7 Å². The lowest BCUT2D eigenvalue weighted by Crippen LogP contribution is -2.39. The summed E-state index contributed by atoms with van der Waals surface area (Å²) in [7, 11) is 0. The van der Waals surface area contributed by atoms with Gasteiger partial charge in [-0.2, -0.15) is 4.37 Å². The summed E-state index contributed by atoms with van der Waals surface area (Å²) in [5.74, 6) is 1.80. The number of nitrogens with one attached hydrogen (secondary N) is 1. The van der Waals surface area contributed by atoms with Crippen molar-refractivity contribution in [2.45, 2.75) is 19.3 Å². The van der Waals surface area contributed by atoms with E-state index in [1.54, 1.807) is 24.3 Å². The van der Waals surface area contributed by atoms with Crippen molar-refractivity contribution < 1.29 is 9.53 Å². The van der Waals surface area contributed by atoms with Gasteiger partial charge in [-0.15, -0.1) is 0 Å². The van der Waals surface area contributed by atoms with Crippen LogP contribution < -0.4 is 15.0 Å². The average Bonchev–Trinajstić information content (AvgIpc) is 3.28. The number of carbonyl (C=O) groups excluding carboxylic acids is 1. The lowest BCUT2D eigenvalue weighted by molar-refractivity contribution is -0.123. The molecule has 1 N–H and O–H groups in total. The second-order valence-corrected chi connectivity index (χ2v) is 9.38. The molecule has 1 saturated heterocycles. The normalized spacial score (nSPS) is 14.4. The van der Waals surface area contributed by atoms with Crippen molar-refractivity contribution >= 4 is 45.8 Å². The van der Waals surface area contributed by atoms with Gasteiger partial charge < -0.3 is 15.0 Å². The van der Waals surface area contributed by atoms with Crippen LogP contribution in [0.4, 0.5) is 5.13 Å². The summed E-state index contributed by atoms with van der Waals surface area (Å²) in [5, 5.41) is 5.32. The van der Waals surface area contributed by atoms with Gasteiger partial charge in [0, 0.05) is 47.6 Å². The monoisotopic (exact) mass is 490 g/mol. The number of hydrogen-bond donors (Lipinski definition) is 1. The molecule has 0 bridgehead atoms. The maximum atomic E-state index is 12.1. The molecule has 0 saturated carbocycles. The van der Waals surface area contributed by atoms with Crippen LogP contribution in [0.3, 0.4) is 0 Å². The van der Waals surface area contributed by atoms with Crippen LogP contribution in [-0.2, 0) is 11.2 Å². The third-order valence-corrected chi connectivity index (χ3v) is 6.71. The molecule has 1 fully saturated rings. The molecule has 168 valence electrons. The number of rotatable bonds is 8. The molecule has 2 heterocycles. The van der Waals surface area contributed by atoms with Crippen LogP contribution >= 0.6 is 34.7 Å². The van der Waals surface area contributed by atoms with E-state index in [-0.39, 0.29) is 12.5 Å². The first-order valence-corrected chi connectivity index (χ1v) is 12.0. The minimum atomic E-state index is -0.113. The van der Waals surface area contributed by atoms with Crippen LogP contribution in [0.25, 0.3) is 0 Å². The molecule has 0 unspecified atom stereocenters. The molecule has 6 nitrogen and oxygen atoms in total. The highest BCUT2D eigenvalue weighted by Crippen LogP contribution is 2.25. The minimum absolute atomic E-state index is 0.00165. The number of aromatic nitrogens is 2. The molecule has 1 amide bonds. The number of nitrogens with zero attached hydrogens (tertiary/aromatic N) is 3. The summed E-state index contributed by atoms with van der Waals surface area (Å²) in [4.78, 5) is 19.1. The zero-order chi connectivity index (χ0) is 22.3. The van der Waals surface area contributed by atoms with Gasteiger partial charge in [0.2, 0.25) is 5.13 Å². The van der Waals surface area contributed by atoms with Crippen molar-refractivity contribution in [3.8, 4) is 5.75 Å². The fraction of sp³-hybridized carbons (Fsp3) is 0.348. The van der Waals surface area contributed by atoms with Crippen molar-refractivity contribution in [3.05, 3.63) is 70.0 Å². The molecule has 0 radical (unpaired) electrons. The second-order valence-electron chi connectivity index (χ2n) is 7.77. The summed E-state index contributed by atoms with van der Waals surface area (Å²) in [6.45, 7) is 2.49. The average molecular weight is 491 g/mol. The third kappa shape index (κ3) is 6.58. The number of halogens is 2. The Balaban J connectivity index is 1.17. The van der Waals surface area contributed by atoms with Gasteiger partial charge in [-0.25, -0.2) is 4.98 Å². The van der Waals surface area contributed by atoms with Gasteiger partial charge >= 0.3 is 0 Å². The van der Waals surface area contributed by atoms with Gasteiger partial charge in [-0.3, -0.25) is 4.79 Å². The molecule has 2 aromatic carbocycles. The zero-order valence-electron chi connectivity index (χ0n) is 17.5. The molecular formula is C23H24Cl2N4O2S. The Bertz CT molecular complexity index is 1020. The lowest BCUT2D eigenvalue weighted by atomic mass is 9.97. The number of benzene rings is 2. The van der Waals surface area contributed by atoms with Crippen molar-refractivity contribution in [2.24, 2.45) is 5.92 Å². The van der Waals surface area contributed by atoms with Crippen LogP contribution in [-0.4, -0.2) is 41.5 Å². The molecule has 0 aliphatic carbocycles. The number of hydrogen-bond acceptors (Lipinski definition) is 6. The largest absolute Gasteiger partial charge is 0.484 e. The molecule has 1 aliphatic rings. The summed E-state index contributed by atoms with van der Waals surface area (Å²) in [5.41, 5.74) is 1.15. The van der Waals surface area contributed by atoms with E-state index in [9.17, 15) is 4.79 Å². The first kappa shape index (κ1) is 22.8. The van der Waals surface area contributed by atoms with Crippen LogP contribution in [0.5, 0.6) is 5.75 Å². The Kier molecular flexibility index (Phi) is 7.84. The molecule has 0 spiro atoms. The Labute approximate surface area is 201 Å². The first-order chi connectivity index (χ1) is 15.5. The third-order valence-electron chi connectivity index (χ3n) is 5.39. The number of carbonyl (C=O) groups is 1. The van der Waals surface area contributed by atoms with Crippen LogP contribution in [0.1, 0.15) is 24.2 Å². The van der Waals surface area contributed by atoms with Crippen LogP contribution in [0.15, 0.2) is 48.5 Å². The van der Waals surface area contributed by atoms with E-state index in [0.717, 1.165) is 47.5 Å². The highest BCUT2D eigenvalue weighted by atomic mass is 35.5. The molecule has 0 atom stereocenters. The fourth-order valence-corrected chi connectivity index (χ4v) is 4.54. The van der Waals surface area contributed by atoms with Gasteiger partial charge in [0.25, 0.3) is 5.91 Å². The quantitative estimate of drug-likeness (QED) is 0.488.